The van der Waals surface area contributed by atoms with E-state index in [-0.39, 0.29) is 5.56 Å². The Balaban J connectivity index is 2.24. The lowest BCUT2D eigenvalue weighted by molar-refractivity contribution is -0.895. The van der Waals surface area contributed by atoms with Gasteiger partial charge in [-0.1, -0.05) is 13.8 Å². The summed E-state index contributed by atoms with van der Waals surface area (Å²) in [5.41, 5.74) is 1.40. The van der Waals surface area contributed by atoms with Gasteiger partial charge in [0.2, 0.25) is 0 Å². The number of nitrogens with zero attached hydrogens (tertiary/aromatic N) is 1. The molecule has 0 aliphatic rings. The molecule has 1 heterocycles. The fourth-order valence-corrected chi connectivity index (χ4v) is 3.47. The van der Waals surface area contributed by atoms with E-state index in [9.17, 15) is 4.79 Å². The van der Waals surface area contributed by atoms with Crippen LogP contribution in [0.4, 0.5) is 0 Å². The van der Waals surface area contributed by atoms with Gasteiger partial charge in [-0.25, -0.2) is 0 Å². The zero-order valence-corrected chi connectivity index (χ0v) is 19.1. The number of aromatic nitrogens is 1. The summed E-state index contributed by atoms with van der Waals surface area (Å²) in [6, 6.07) is 7.67. The van der Waals surface area contributed by atoms with Crippen molar-refractivity contribution < 1.29 is 9.64 Å². The molecule has 7 heteroatoms. The second-order valence-electron chi connectivity index (χ2n) is 7.79. The highest BCUT2D eigenvalue weighted by atomic mass is 32.1. The summed E-state index contributed by atoms with van der Waals surface area (Å²) in [6.07, 6.45) is 0. The van der Waals surface area contributed by atoms with Crippen LogP contribution in [0.15, 0.2) is 29.1 Å². The van der Waals surface area contributed by atoms with Gasteiger partial charge in [0, 0.05) is 18.2 Å². The molecule has 0 radical (unpaired) electrons. The number of nitrogens with one attached hydrogen (secondary N) is 3. The van der Waals surface area contributed by atoms with Gasteiger partial charge in [0.1, 0.15) is 5.75 Å². The summed E-state index contributed by atoms with van der Waals surface area (Å²) >= 11 is 5.67. The fraction of sp³-hybridized carbons (Fsp3) is 0.545. The summed E-state index contributed by atoms with van der Waals surface area (Å²) in [6.45, 7) is 14.0. The largest absolute Gasteiger partial charge is 0.497 e. The van der Waals surface area contributed by atoms with Gasteiger partial charge in [-0.2, -0.15) is 0 Å². The molecule has 2 rings (SSSR count). The molecule has 2 aromatic rings. The molecule has 0 atom stereocenters. The van der Waals surface area contributed by atoms with E-state index in [2.05, 4.69) is 42.9 Å². The zero-order chi connectivity index (χ0) is 21.4. The average Bonchev–Trinajstić information content (AvgIpc) is 2.71. The van der Waals surface area contributed by atoms with Crippen LogP contribution in [0, 0.1) is 5.92 Å². The highest BCUT2D eigenvalue weighted by molar-refractivity contribution is 7.80. The van der Waals surface area contributed by atoms with Crippen LogP contribution in [-0.2, 0) is 6.54 Å². The van der Waals surface area contributed by atoms with Crippen molar-refractivity contribution in [2.75, 3.05) is 39.8 Å². The maximum absolute atomic E-state index is 12.7. The number of likely N-dealkylation sites (N-methyl/N-ethyl adjacent to an activating group) is 1. The van der Waals surface area contributed by atoms with Crippen LogP contribution in [0.2, 0.25) is 0 Å². The molecule has 0 aliphatic carbocycles. The van der Waals surface area contributed by atoms with Crippen LogP contribution in [0.1, 0.15) is 33.3 Å². The van der Waals surface area contributed by atoms with E-state index in [0.717, 1.165) is 49.4 Å². The number of fused-ring (bicyclic) bond motifs is 1. The third-order valence-corrected chi connectivity index (χ3v) is 5.58. The van der Waals surface area contributed by atoms with Crippen molar-refractivity contribution in [2.45, 2.75) is 34.2 Å². The smallest absolute Gasteiger partial charge is 0.253 e. The van der Waals surface area contributed by atoms with E-state index < -0.39 is 0 Å². The molecule has 0 saturated carbocycles. The molecule has 0 unspecified atom stereocenters. The molecule has 6 nitrogen and oxygen atoms in total. The Labute approximate surface area is 179 Å². The number of aromatic amines is 1. The Kier molecular flexibility index (Phi) is 8.92. The Morgan fingerprint density at radius 1 is 1.28 bits per heavy atom. The third kappa shape index (κ3) is 6.72. The van der Waals surface area contributed by atoms with Gasteiger partial charge >= 0.3 is 0 Å². The molecule has 3 N–H and O–H groups in total. The van der Waals surface area contributed by atoms with Crippen molar-refractivity contribution in [3.05, 3.63) is 40.2 Å². The molecule has 0 fully saturated rings. The van der Waals surface area contributed by atoms with Crippen LogP contribution >= 0.6 is 12.2 Å². The third-order valence-electron chi connectivity index (χ3n) is 5.18. The summed E-state index contributed by atoms with van der Waals surface area (Å²) in [7, 11) is 1.62. The van der Waals surface area contributed by atoms with Gasteiger partial charge in [-0.3, -0.25) is 4.79 Å². The van der Waals surface area contributed by atoms with E-state index in [1.807, 2.05) is 24.3 Å². The van der Waals surface area contributed by atoms with E-state index >= 15 is 0 Å². The first kappa shape index (κ1) is 23.2. The lowest BCUT2D eigenvalue weighted by Gasteiger charge is -2.28. The number of hydrogen-bond acceptors (Lipinski definition) is 3. The lowest BCUT2D eigenvalue weighted by atomic mass is 10.1. The zero-order valence-electron chi connectivity index (χ0n) is 18.3. The molecule has 1 aromatic heterocycles. The van der Waals surface area contributed by atoms with E-state index in [1.165, 1.54) is 4.90 Å². The van der Waals surface area contributed by atoms with Crippen LogP contribution in [0.25, 0.3) is 10.9 Å². The van der Waals surface area contributed by atoms with Crippen molar-refractivity contribution >= 4 is 28.2 Å². The van der Waals surface area contributed by atoms with Crippen molar-refractivity contribution in [3.63, 3.8) is 0 Å². The second kappa shape index (κ2) is 11.2. The topological polar surface area (TPSA) is 61.8 Å². The van der Waals surface area contributed by atoms with Crippen molar-refractivity contribution in [1.82, 2.24) is 15.2 Å². The first-order valence-electron chi connectivity index (χ1n) is 10.4. The number of pyridine rings is 1. The van der Waals surface area contributed by atoms with Gasteiger partial charge < -0.3 is 24.8 Å². The molecule has 0 bridgehead atoms. The Hall–Kier alpha value is -2.12. The minimum absolute atomic E-state index is 0.0856. The molecule has 0 aliphatic heterocycles. The van der Waals surface area contributed by atoms with Crippen LogP contribution in [0.3, 0.4) is 0 Å². The minimum Gasteiger partial charge on any atom is -0.497 e. The maximum atomic E-state index is 12.7. The molecule has 0 amide bonds. The summed E-state index contributed by atoms with van der Waals surface area (Å²) in [5.74, 6) is 1.23. The normalized spacial score (nSPS) is 11.3. The monoisotopic (exact) mass is 419 g/mol. The number of H-pyrrole nitrogens is 1. The number of benzene rings is 1. The fourth-order valence-electron chi connectivity index (χ4n) is 3.23. The maximum Gasteiger partial charge on any atom is 0.253 e. The van der Waals surface area contributed by atoms with Crippen molar-refractivity contribution in [2.24, 2.45) is 5.92 Å². The molecule has 0 spiro atoms. The highest BCUT2D eigenvalue weighted by Crippen LogP contribution is 2.18. The predicted octanol–water partition coefficient (Wildman–Crippen LogP) is 1.79. The van der Waals surface area contributed by atoms with Crippen LogP contribution in [-0.4, -0.2) is 54.8 Å². The van der Waals surface area contributed by atoms with Gasteiger partial charge in [-0.15, -0.1) is 0 Å². The van der Waals surface area contributed by atoms with E-state index in [0.29, 0.717) is 23.1 Å². The van der Waals surface area contributed by atoms with Gasteiger partial charge in [0.25, 0.3) is 5.56 Å². The van der Waals surface area contributed by atoms with Crippen molar-refractivity contribution in [3.8, 4) is 5.75 Å². The SMILES string of the molecule is CC[NH+](CC)CCN(Cc1cc2ccc(OC)cc2[nH]c1=O)C(=S)NCC(C)C. The molecule has 1 aromatic carbocycles. The van der Waals surface area contributed by atoms with E-state index in [1.54, 1.807) is 7.11 Å². The van der Waals surface area contributed by atoms with Gasteiger partial charge in [-0.05, 0) is 55.6 Å². The van der Waals surface area contributed by atoms with Gasteiger partial charge in [0.05, 0.1) is 45.4 Å². The van der Waals surface area contributed by atoms with Crippen LogP contribution < -0.4 is 20.5 Å². The lowest BCUT2D eigenvalue weighted by Crippen LogP contribution is -3.12. The molecule has 29 heavy (non-hydrogen) atoms. The first-order chi connectivity index (χ1) is 13.9. The number of rotatable bonds is 10. The average molecular weight is 420 g/mol. The number of hydrogen-bond donors (Lipinski definition) is 3. The number of methoxy groups -OCH3 is 1. The predicted molar refractivity (Wildman–Crippen MR) is 124 cm³/mol. The molecular formula is C22H35N4O2S+. The Morgan fingerprint density at radius 3 is 2.62 bits per heavy atom. The summed E-state index contributed by atoms with van der Waals surface area (Å²) in [5, 5.41) is 5.04. The summed E-state index contributed by atoms with van der Waals surface area (Å²) in [4.78, 5) is 19.3. The number of ether oxygens (including phenoxy) is 1. The number of quaternary nitrogens is 1. The number of thiocarbonyl (C=S) groups is 1. The van der Waals surface area contributed by atoms with Crippen LogP contribution in [0.5, 0.6) is 5.75 Å². The standard InChI is InChI=1S/C22H34N4O2S/c1-6-25(7-2)10-11-26(22(29)23-14-16(3)4)15-18-12-17-8-9-19(28-5)13-20(17)24-21(18)27/h8-9,12-13,16H,6-7,10-11,14-15H2,1-5H3,(H,23,29)(H,24,27)/p+1. The van der Waals surface area contributed by atoms with Gasteiger partial charge in [0.15, 0.2) is 5.11 Å². The molecule has 160 valence electrons. The van der Waals surface area contributed by atoms with E-state index in [4.69, 9.17) is 17.0 Å². The first-order valence-corrected chi connectivity index (χ1v) is 10.8. The Morgan fingerprint density at radius 2 is 2.00 bits per heavy atom. The quantitative estimate of drug-likeness (QED) is 0.513. The molecule has 0 saturated heterocycles. The summed E-state index contributed by atoms with van der Waals surface area (Å²) < 4.78 is 5.25. The molecular weight excluding hydrogens is 384 g/mol. The second-order valence-corrected chi connectivity index (χ2v) is 8.17. The highest BCUT2D eigenvalue weighted by Gasteiger charge is 2.16. The Bertz CT molecular complexity index is 862. The van der Waals surface area contributed by atoms with Crippen molar-refractivity contribution in [1.29, 1.82) is 0 Å². The minimum atomic E-state index is -0.0856.